The second-order valence-electron chi connectivity index (χ2n) is 6.98. The number of carbonyl (C=O) groups is 1. The number of ether oxygens (including phenoxy) is 1. The number of piperazine rings is 1. The quantitative estimate of drug-likeness (QED) is 0.504. The molecule has 1 N–H and O–H groups in total. The van der Waals surface area contributed by atoms with Gasteiger partial charge in [0.05, 0.1) is 29.3 Å². The van der Waals surface area contributed by atoms with E-state index in [-0.39, 0.29) is 24.6 Å². The number of hydrogen-bond donors (Lipinski definition) is 1. The van der Waals surface area contributed by atoms with Crippen molar-refractivity contribution in [3.8, 4) is 5.75 Å². The molecule has 2 aromatic rings. The van der Waals surface area contributed by atoms with Gasteiger partial charge in [-0.05, 0) is 36.9 Å². The lowest BCUT2D eigenvalue weighted by Crippen LogP contribution is -2.46. The van der Waals surface area contributed by atoms with Crippen molar-refractivity contribution in [2.24, 2.45) is 0 Å². The van der Waals surface area contributed by atoms with Gasteiger partial charge in [-0.1, -0.05) is 18.5 Å². The van der Waals surface area contributed by atoms with Gasteiger partial charge in [0.15, 0.2) is 0 Å². The van der Waals surface area contributed by atoms with Gasteiger partial charge in [-0.2, -0.15) is 0 Å². The Balaban J connectivity index is 1.55. The molecule has 30 heavy (non-hydrogen) atoms. The number of benzene rings is 2. The Hall–Kier alpha value is -2.84. The number of carbonyl (C=O) groups excluding carboxylic acids is 1. The highest BCUT2D eigenvalue weighted by Crippen LogP contribution is 2.30. The number of amides is 1. The van der Waals surface area contributed by atoms with Crippen LogP contribution in [0.25, 0.3) is 0 Å². The summed E-state index contributed by atoms with van der Waals surface area (Å²) in [5.41, 5.74) is 1.64. The van der Waals surface area contributed by atoms with Crippen LogP contribution in [0.5, 0.6) is 5.75 Å². The minimum absolute atomic E-state index is 0.00616. The van der Waals surface area contributed by atoms with Gasteiger partial charge in [0.25, 0.3) is 5.69 Å². The van der Waals surface area contributed by atoms with E-state index in [9.17, 15) is 14.9 Å². The highest BCUT2D eigenvalue weighted by Gasteiger charge is 2.19. The summed E-state index contributed by atoms with van der Waals surface area (Å²) in [7, 11) is 0. The number of hydrogen-bond acceptors (Lipinski definition) is 6. The fourth-order valence-electron chi connectivity index (χ4n) is 3.33. The van der Waals surface area contributed by atoms with Crippen molar-refractivity contribution in [1.82, 2.24) is 4.90 Å². The maximum atomic E-state index is 12.4. The molecule has 1 fully saturated rings. The van der Waals surface area contributed by atoms with Gasteiger partial charge < -0.3 is 19.9 Å². The predicted molar refractivity (Wildman–Crippen MR) is 118 cm³/mol. The van der Waals surface area contributed by atoms with Crippen LogP contribution in [-0.2, 0) is 4.79 Å². The molecule has 0 unspecified atom stereocenters. The van der Waals surface area contributed by atoms with Crippen LogP contribution in [0, 0.1) is 10.1 Å². The first kappa shape index (κ1) is 21.9. The minimum atomic E-state index is -0.470. The normalized spacial score (nSPS) is 14.4. The van der Waals surface area contributed by atoms with Gasteiger partial charge in [0, 0.05) is 43.3 Å². The van der Waals surface area contributed by atoms with E-state index in [0.717, 1.165) is 38.4 Å². The number of nitro groups is 1. The Kier molecular flexibility index (Phi) is 7.48. The molecule has 9 heteroatoms. The van der Waals surface area contributed by atoms with Crippen molar-refractivity contribution in [2.45, 2.75) is 13.3 Å². The van der Waals surface area contributed by atoms with Gasteiger partial charge >= 0.3 is 0 Å². The van der Waals surface area contributed by atoms with Crippen molar-refractivity contribution in [2.75, 3.05) is 49.5 Å². The van der Waals surface area contributed by atoms with Crippen LogP contribution in [0.15, 0.2) is 42.5 Å². The van der Waals surface area contributed by atoms with Gasteiger partial charge in [-0.25, -0.2) is 0 Å². The predicted octanol–water partition coefficient (Wildman–Crippen LogP) is 3.80. The first-order chi connectivity index (χ1) is 14.5. The molecule has 0 aliphatic carbocycles. The Morgan fingerprint density at radius 2 is 1.87 bits per heavy atom. The number of nitro benzene ring substituents is 1. The zero-order valence-corrected chi connectivity index (χ0v) is 17.6. The third-order valence-electron chi connectivity index (χ3n) is 5.04. The minimum Gasteiger partial charge on any atom is -0.493 e. The lowest BCUT2D eigenvalue weighted by Gasteiger charge is -2.36. The maximum absolute atomic E-state index is 12.4. The van der Waals surface area contributed by atoms with E-state index in [1.807, 2.05) is 12.1 Å². The van der Waals surface area contributed by atoms with Crippen LogP contribution in [0.1, 0.15) is 13.3 Å². The van der Waals surface area contributed by atoms with Crippen molar-refractivity contribution < 1.29 is 14.5 Å². The van der Waals surface area contributed by atoms with Crippen LogP contribution in [0.2, 0.25) is 5.02 Å². The number of likely N-dealkylation sites (N-methyl/N-ethyl adjacent to an activating group) is 1. The summed E-state index contributed by atoms with van der Waals surface area (Å²) >= 11 is 6.15. The highest BCUT2D eigenvalue weighted by molar-refractivity contribution is 6.31. The molecule has 0 bridgehead atoms. The van der Waals surface area contributed by atoms with Gasteiger partial charge in [0.1, 0.15) is 5.75 Å². The molecular weight excluding hydrogens is 408 g/mol. The largest absolute Gasteiger partial charge is 0.493 e. The SMILES string of the molecule is CCN1CCN(c2ccc(Cl)cc2NC(=O)CCOc2ccc([N+](=O)[O-])cc2)CC1. The van der Waals surface area contributed by atoms with Crippen LogP contribution in [0.4, 0.5) is 17.1 Å². The number of halogens is 1. The van der Waals surface area contributed by atoms with Crippen LogP contribution in [0.3, 0.4) is 0 Å². The molecule has 1 heterocycles. The van der Waals surface area contributed by atoms with Gasteiger partial charge in [0.2, 0.25) is 5.91 Å². The molecule has 1 amide bonds. The van der Waals surface area contributed by atoms with E-state index in [1.54, 1.807) is 6.07 Å². The monoisotopic (exact) mass is 432 g/mol. The zero-order valence-electron chi connectivity index (χ0n) is 16.8. The smallest absolute Gasteiger partial charge is 0.269 e. The summed E-state index contributed by atoms with van der Waals surface area (Å²) in [6.07, 6.45) is 0.145. The molecule has 1 saturated heterocycles. The number of anilines is 2. The van der Waals surface area contributed by atoms with Crippen molar-refractivity contribution in [3.63, 3.8) is 0 Å². The Morgan fingerprint density at radius 3 is 2.50 bits per heavy atom. The van der Waals surface area contributed by atoms with Crippen molar-refractivity contribution in [3.05, 3.63) is 57.6 Å². The molecule has 8 nitrogen and oxygen atoms in total. The molecule has 0 spiro atoms. The molecule has 3 rings (SSSR count). The standard InChI is InChI=1S/C21H25ClN4O4/c1-2-24-10-12-25(13-11-24)20-8-3-16(22)15-19(20)23-21(27)9-14-30-18-6-4-17(5-7-18)26(28)29/h3-8,15H,2,9-14H2,1H3,(H,23,27). The fraction of sp³-hybridized carbons (Fsp3) is 0.381. The average molecular weight is 433 g/mol. The molecular formula is C21H25ClN4O4. The topological polar surface area (TPSA) is 88.0 Å². The van der Waals surface area contributed by atoms with Crippen molar-refractivity contribution in [1.29, 1.82) is 0 Å². The molecule has 2 aromatic carbocycles. The number of non-ortho nitro benzene ring substituents is 1. The Bertz CT molecular complexity index is 883. The van der Waals surface area contributed by atoms with Crippen molar-refractivity contribution >= 4 is 34.6 Å². The summed E-state index contributed by atoms with van der Waals surface area (Å²) in [4.78, 5) is 27.3. The summed E-state index contributed by atoms with van der Waals surface area (Å²) in [5, 5.41) is 14.2. The molecule has 160 valence electrons. The van der Waals surface area contributed by atoms with E-state index in [0.29, 0.717) is 16.5 Å². The third kappa shape index (κ3) is 5.84. The fourth-order valence-corrected chi connectivity index (χ4v) is 3.50. The highest BCUT2D eigenvalue weighted by atomic mass is 35.5. The first-order valence-electron chi connectivity index (χ1n) is 9.90. The maximum Gasteiger partial charge on any atom is 0.269 e. The second kappa shape index (κ2) is 10.3. The van der Waals surface area contributed by atoms with Crippen LogP contribution < -0.4 is 15.0 Å². The zero-order chi connectivity index (χ0) is 21.5. The summed E-state index contributed by atoms with van der Waals surface area (Å²) in [6, 6.07) is 11.3. The summed E-state index contributed by atoms with van der Waals surface area (Å²) in [5.74, 6) is 0.290. The molecule has 0 aromatic heterocycles. The first-order valence-corrected chi connectivity index (χ1v) is 10.3. The molecule has 0 atom stereocenters. The Labute approximate surface area is 180 Å². The summed E-state index contributed by atoms with van der Waals surface area (Å²) < 4.78 is 5.52. The Morgan fingerprint density at radius 1 is 1.17 bits per heavy atom. The van der Waals surface area contributed by atoms with Crippen LogP contribution >= 0.6 is 11.6 Å². The second-order valence-corrected chi connectivity index (χ2v) is 7.42. The number of nitrogens with zero attached hydrogens (tertiary/aromatic N) is 3. The molecule has 1 aliphatic rings. The van der Waals surface area contributed by atoms with E-state index in [4.69, 9.17) is 16.3 Å². The molecule has 0 saturated carbocycles. The van der Waals surface area contributed by atoms with Gasteiger partial charge in [-0.15, -0.1) is 0 Å². The van der Waals surface area contributed by atoms with Gasteiger partial charge in [-0.3, -0.25) is 14.9 Å². The average Bonchev–Trinajstić information content (AvgIpc) is 2.74. The molecule has 1 aliphatic heterocycles. The van der Waals surface area contributed by atoms with E-state index in [1.165, 1.54) is 24.3 Å². The van der Waals surface area contributed by atoms with E-state index in [2.05, 4.69) is 22.0 Å². The number of nitrogens with one attached hydrogen (secondary N) is 1. The number of rotatable bonds is 8. The lowest BCUT2D eigenvalue weighted by molar-refractivity contribution is -0.384. The van der Waals surface area contributed by atoms with Crippen LogP contribution in [-0.4, -0.2) is 55.1 Å². The van der Waals surface area contributed by atoms with E-state index >= 15 is 0 Å². The van der Waals surface area contributed by atoms with E-state index < -0.39 is 4.92 Å². The molecule has 0 radical (unpaired) electrons. The lowest BCUT2D eigenvalue weighted by atomic mass is 10.2. The third-order valence-corrected chi connectivity index (χ3v) is 5.27. The summed E-state index contributed by atoms with van der Waals surface area (Å²) in [6.45, 7) is 7.10.